The molecule has 0 saturated heterocycles. The standard InChI is InChI=1S/C17H17F4N3O2/c1-11-6-12(2-4-14(11)18)7-23-16(25)24-9-13-3-5-15(22-8-13)26-10-17(19,20)21/h2-6,8H,7,9-10H2,1H3,(H2,23,24,25). The molecule has 0 atom stereocenters. The number of halogens is 4. The number of nitrogens with zero attached hydrogens (tertiary/aromatic N) is 1. The molecule has 0 unspecified atom stereocenters. The fourth-order valence-electron chi connectivity index (χ4n) is 2.00. The minimum atomic E-state index is -4.43. The van der Waals surface area contributed by atoms with Crippen LogP contribution in [-0.2, 0) is 13.1 Å². The van der Waals surface area contributed by atoms with Gasteiger partial charge in [0, 0.05) is 25.4 Å². The number of aryl methyl sites for hydroxylation is 1. The molecule has 0 aliphatic rings. The molecule has 2 N–H and O–H groups in total. The number of urea groups is 1. The lowest BCUT2D eigenvalue weighted by molar-refractivity contribution is -0.154. The summed E-state index contributed by atoms with van der Waals surface area (Å²) < 4.78 is 53.8. The Labute approximate surface area is 147 Å². The van der Waals surface area contributed by atoms with Crippen molar-refractivity contribution in [1.29, 1.82) is 0 Å². The second-order valence-corrected chi connectivity index (χ2v) is 5.53. The van der Waals surface area contributed by atoms with Crippen molar-refractivity contribution >= 4 is 6.03 Å². The van der Waals surface area contributed by atoms with Gasteiger partial charge in [-0.2, -0.15) is 13.2 Å². The number of hydrogen-bond donors (Lipinski definition) is 2. The molecule has 1 heterocycles. The lowest BCUT2D eigenvalue weighted by Gasteiger charge is -2.10. The highest BCUT2D eigenvalue weighted by molar-refractivity contribution is 5.73. The van der Waals surface area contributed by atoms with Gasteiger partial charge in [-0.05, 0) is 29.7 Å². The largest absolute Gasteiger partial charge is 0.468 e. The van der Waals surface area contributed by atoms with Gasteiger partial charge in [0.15, 0.2) is 6.61 Å². The predicted molar refractivity (Wildman–Crippen MR) is 86.0 cm³/mol. The van der Waals surface area contributed by atoms with Crippen LogP contribution in [0.3, 0.4) is 0 Å². The fourth-order valence-corrected chi connectivity index (χ4v) is 2.00. The Morgan fingerprint density at radius 3 is 2.35 bits per heavy atom. The topological polar surface area (TPSA) is 63.2 Å². The van der Waals surface area contributed by atoms with E-state index in [4.69, 9.17) is 0 Å². The summed E-state index contributed by atoms with van der Waals surface area (Å²) in [6.07, 6.45) is -3.11. The van der Waals surface area contributed by atoms with Crippen LogP contribution in [0.15, 0.2) is 36.5 Å². The van der Waals surface area contributed by atoms with Crippen LogP contribution < -0.4 is 15.4 Å². The van der Waals surface area contributed by atoms with E-state index in [-0.39, 0.29) is 24.8 Å². The molecule has 0 spiro atoms. The maximum Gasteiger partial charge on any atom is 0.422 e. The van der Waals surface area contributed by atoms with Crippen molar-refractivity contribution in [3.8, 4) is 5.88 Å². The average molecular weight is 371 g/mol. The number of benzene rings is 1. The Kier molecular flexibility index (Phi) is 6.37. The Bertz CT molecular complexity index is 749. The smallest absolute Gasteiger partial charge is 0.422 e. The van der Waals surface area contributed by atoms with Gasteiger partial charge in [-0.15, -0.1) is 0 Å². The second-order valence-electron chi connectivity index (χ2n) is 5.53. The zero-order valence-corrected chi connectivity index (χ0v) is 13.9. The molecule has 0 aliphatic heterocycles. The summed E-state index contributed by atoms with van der Waals surface area (Å²) in [7, 11) is 0. The van der Waals surface area contributed by atoms with Crippen LogP contribution in [-0.4, -0.2) is 23.8 Å². The minimum absolute atomic E-state index is 0.140. The molecule has 2 amide bonds. The molecule has 5 nitrogen and oxygen atoms in total. The number of pyridine rings is 1. The number of rotatable bonds is 6. The first-order valence-electron chi connectivity index (χ1n) is 7.64. The van der Waals surface area contributed by atoms with E-state index < -0.39 is 18.8 Å². The Hall–Kier alpha value is -2.84. The second kappa shape index (κ2) is 8.50. The van der Waals surface area contributed by atoms with Gasteiger partial charge in [-0.1, -0.05) is 18.2 Å². The molecule has 0 radical (unpaired) electrons. The maximum atomic E-state index is 13.2. The summed E-state index contributed by atoms with van der Waals surface area (Å²) in [6, 6.07) is 6.90. The minimum Gasteiger partial charge on any atom is -0.468 e. The molecule has 0 saturated carbocycles. The van der Waals surface area contributed by atoms with Gasteiger partial charge in [0.1, 0.15) is 5.82 Å². The molecule has 1 aromatic heterocycles. The molecular weight excluding hydrogens is 354 g/mol. The van der Waals surface area contributed by atoms with Crippen LogP contribution in [0.25, 0.3) is 0 Å². The number of alkyl halides is 3. The maximum absolute atomic E-state index is 13.2. The highest BCUT2D eigenvalue weighted by Gasteiger charge is 2.28. The molecule has 0 aliphatic carbocycles. The number of ether oxygens (including phenoxy) is 1. The Balaban J connectivity index is 1.75. The van der Waals surface area contributed by atoms with E-state index >= 15 is 0 Å². The number of carbonyl (C=O) groups excluding carboxylic acids is 1. The van der Waals surface area contributed by atoms with Crippen LogP contribution in [0.2, 0.25) is 0 Å². The van der Waals surface area contributed by atoms with Crippen LogP contribution >= 0.6 is 0 Å². The normalized spacial score (nSPS) is 11.1. The van der Waals surface area contributed by atoms with E-state index in [1.54, 1.807) is 19.1 Å². The molecule has 9 heteroatoms. The van der Waals surface area contributed by atoms with Crippen molar-refractivity contribution < 1.29 is 27.1 Å². The molecule has 0 fully saturated rings. The van der Waals surface area contributed by atoms with E-state index in [0.717, 1.165) is 5.56 Å². The van der Waals surface area contributed by atoms with Gasteiger partial charge in [0.05, 0.1) is 0 Å². The first-order valence-corrected chi connectivity index (χ1v) is 7.64. The zero-order chi connectivity index (χ0) is 19.2. The molecule has 26 heavy (non-hydrogen) atoms. The van der Waals surface area contributed by atoms with Gasteiger partial charge in [0.25, 0.3) is 0 Å². The van der Waals surface area contributed by atoms with E-state index in [2.05, 4.69) is 20.4 Å². The average Bonchev–Trinajstić information content (AvgIpc) is 2.59. The van der Waals surface area contributed by atoms with Crippen molar-refractivity contribution in [2.24, 2.45) is 0 Å². The van der Waals surface area contributed by atoms with E-state index in [9.17, 15) is 22.4 Å². The third kappa shape index (κ3) is 6.58. The number of amides is 2. The summed E-state index contributed by atoms with van der Waals surface area (Å²) in [4.78, 5) is 15.5. The van der Waals surface area contributed by atoms with Crippen molar-refractivity contribution in [3.63, 3.8) is 0 Å². The van der Waals surface area contributed by atoms with Crippen LogP contribution in [0.4, 0.5) is 22.4 Å². The van der Waals surface area contributed by atoms with Crippen molar-refractivity contribution in [3.05, 3.63) is 59.0 Å². The highest BCUT2D eigenvalue weighted by Crippen LogP contribution is 2.17. The molecule has 140 valence electrons. The molecule has 1 aromatic carbocycles. The summed E-state index contributed by atoms with van der Waals surface area (Å²) in [6.45, 7) is 0.590. The first-order chi connectivity index (χ1) is 12.2. The summed E-state index contributed by atoms with van der Waals surface area (Å²) in [5.41, 5.74) is 1.84. The van der Waals surface area contributed by atoms with E-state index in [1.165, 1.54) is 24.4 Å². The third-order valence-corrected chi connectivity index (χ3v) is 3.31. The number of hydrogen-bond acceptors (Lipinski definition) is 3. The van der Waals surface area contributed by atoms with Crippen molar-refractivity contribution in [2.45, 2.75) is 26.2 Å². The Morgan fingerprint density at radius 1 is 1.12 bits per heavy atom. The number of carbonyl (C=O) groups is 1. The molecule has 2 rings (SSSR count). The number of aromatic nitrogens is 1. The third-order valence-electron chi connectivity index (χ3n) is 3.31. The van der Waals surface area contributed by atoms with Crippen molar-refractivity contribution in [1.82, 2.24) is 15.6 Å². The van der Waals surface area contributed by atoms with E-state index in [1.807, 2.05) is 0 Å². The SMILES string of the molecule is Cc1cc(CNC(=O)NCc2ccc(OCC(F)(F)F)nc2)ccc1F. The molecule has 2 aromatic rings. The quantitative estimate of drug-likeness (QED) is 0.765. The summed E-state index contributed by atoms with van der Waals surface area (Å²) >= 11 is 0. The molecular formula is C17H17F4N3O2. The zero-order valence-electron chi connectivity index (χ0n) is 13.9. The van der Waals surface area contributed by atoms with Gasteiger partial charge >= 0.3 is 12.2 Å². The van der Waals surface area contributed by atoms with Crippen LogP contribution in [0.5, 0.6) is 5.88 Å². The predicted octanol–water partition coefficient (Wildman–Crippen LogP) is 3.47. The summed E-state index contributed by atoms with van der Waals surface area (Å²) in [5.74, 6) is -0.462. The van der Waals surface area contributed by atoms with Crippen LogP contribution in [0, 0.1) is 12.7 Å². The van der Waals surface area contributed by atoms with E-state index in [0.29, 0.717) is 11.1 Å². The lowest BCUT2D eigenvalue weighted by atomic mass is 10.1. The highest BCUT2D eigenvalue weighted by atomic mass is 19.4. The lowest BCUT2D eigenvalue weighted by Crippen LogP contribution is -2.34. The summed E-state index contributed by atoms with van der Waals surface area (Å²) in [5, 5.41) is 5.21. The van der Waals surface area contributed by atoms with Gasteiger partial charge in [-0.3, -0.25) is 0 Å². The fraction of sp³-hybridized carbons (Fsp3) is 0.294. The monoisotopic (exact) mass is 371 g/mol. The van der Waals surface area contributed by atoms with Gasteiger partial charge < -0.3 is 15.4 Å². The van der Waals surface area contributed by atoms with Gasteiger partial charge in [-0.25, -0.2) is 14.2 Å². The number of nitrogens with one attached hydrogen (secondary N) is 2. The van der Waals surface area contributed by atoms with Gasteiger partial charge in [0.2, 0.25) is 5.88 Å². The van der Waals surface area contributed by atoms with Crippen LogP contribution in [0.1, 0.15) is 16.7 Å². The molecule has 0 bridgehead atoms. The Morgan fingerprint density at radius 2 is 1.77 bits per heavy atom. The van der Waals surface area contributed by atoms with Crippen molar-refractivity contribution in [2.75, 3.05) is 6.61 Å². The first kappa shape index (κ1) is 19.5.